The summed E-state index contributed by atoms with van der Waals surface area (Å²) >= 11 is 6.74. The lowest BCUT2D eigenvalue weighted by molar-refractivity contribution is 0.102. The summed E-state index contributed by atoms with van der Waals surface area (Å²) in [6.07, 6.45) is 3.35. The number of piperidine rings is 1. The Morgan fingerprint density at radius 3 is 2.54 bits per heavy atom. The molecule has 0 saturated carbocycles. The van der Waals surface area contributed by atoms with Crippen molar-refractivity contribution in [3.05, 3.63) is 50.7 Å². The number of halogens is 3. The lowest BCUT2D eigenvalue weighted by atomic mass is 10.1. The number of hydrogen-bond donors (Lipinski definition) is 1. The number of anilines is 2. The fraction of sp³-hybridized carbons (Fsp3) is 0.316. The van der Waals surface area contributed by atoms with Gasteiger partial charge in [-0.15, -0.1) is 0 Å². The van der Waals surface area contributed by atoms with Gasteiger partial charge in [-0.05, 0) is 65.5 Å². The maximum absolute atomic E-state index is 14.5. The lowest BCUT2D eigenvalue weighted by Gasteiger charge is -2.29. The van der Waals surface area contributed by atoms with Gasteiger partial charge >= 0.3 is 0 Å². The van der Waals surface area contributed by atoms with E-state index in [9.17, 15) is 9.18 Å². The summed E-state index contributed by atoms with van der Waals surface area (Å²) in [7, 11) is 1.50. The zero-order valence-electron chi connectivity index (χ0n) is 14.3. The van der Waals surface area contributed by atoms with Gasteiger partial charge in [-0.1, -0.05) is 15.9 Å². The van der Waals surface area contributed by atoms with Crippen molar-refractivity contribution in [3.8, 4) is 5.75 Å². The Kier molecular flexibility index (Phi) is 6.19. The topological polar surface area (TPSA) is 41.6 Å². The first-order valence-electron chi connectivity index (χ1n) is 8.38. The third-order valence-corrected chi connectivity index (χ3v) is 5.41. The third-order valence-electron chi connectivity index (χ3n) is 4.36. The van der Waals surface area contributed by atoms with Crippen LogP contribution in [0.15, 0.2) is 39.3 Å². The van der Waals surface area contributed by atoms with Gasteiger partial charge in [0.15, 0.2) is 0 Å². The zero-order valence-corrected chi connectivity index (χ0v) is 17.5. The van der Waals surface area contributed by atoms with Crippen molar-refractivity contribution in [2.75, 3.05) is 30.4 Å². The molecule has 3 rings (SSSR count). The SMILES string of the molecule is COc1c(Br)cc(Br)cc1C(=O)Nc1ccc(N2CCCCC2)c(F)c1. The number of ether oxygens (including phenoxy) is 1. The van der Waals surface area contributed by atoms with Gasteiger partial charge in [0, 0.05) is 23.2 Å². The normalized spacial score (nSPS) is 14.2. The maximum atomic E-state index is 14.5. The van der Waals surface area contributed by atoms with E-state index in [4.69, 9.17) is 4.74 Å². The zero-order chi connectivity index (χ0) is 18.7. The summed E-state index contributed by atoms with van der Waals surface area (Å²) in [5.41, 5.74) is 1.35. The van der Waals surface area contributed by atoms with Crippen LogP contribution in [0.1, 0.15) is 29.6 Å². The second kappa shape index (κ2) is 8.39. The Hall–Kier alpha value is -1.60. The Labute approximate surface area is 169 Å². The molecule has 1 aliphatic rings. The molecule has 1 heterocycles. The molecule has 1 saturated heterocycles. The standard InChI is InChI=1S/C19H19Br2FN2O2/c1-26-18-14(9-12(20)10-15(18)21)19(25)23-13-5-6-17(16(22)11-13)24-7-3-2-4-8-24/h5-6,9-11H,2-4,7-8H2,1H3,(H,23,25). The van der Waals surface area contributed by atoms with Crippen LogP contribution in [0, 0.1) is 5.82 Å². The van der Waals surface area contributed by atoms with Gasteiger partial charge in [-0.2, -0.15) is 0 Å². The van der Waals surface area contributed by atoms with Crippen molar-refractivity contribution in [1.82, 2.24) is 0 Å². The number of methoxy groups -OCH3 is 1. The quantitative estimate of drug-likeness (QED) is 0.612. The van der Waals surface area contributed by atoms with E-state index in [0.717, 1.165) is 30.4 Å². The van der Waals surface area contributed by atoms with E-state index in [-0.39, 0.29) is 11.7 Å². The van der Waals surface area contributed by atoms with Crippen LogP contribution in [0.25, 0.3) is 0 Å². The molecular formula is C19H19Br2FN2O2. The van der Waals surface area contributed by atoms with Crippen molar-refractivity contribution in [2.24, 2.45) is 0 Å². The minimum absolute atomic E-state index is 0.327. The fourth-order valence-electron chi connectivity index (χ4n) is 3.11. The number of nitrogens with one attached hydrogen (secondary N) is 1. The van der Waals surface area contributed by atoms with Crippen LogP contribution in [0.3, 0.4) is 0 Å². The largest absolute Gasteiger partial charge is 0.495 e. The van der Waals surface area contributed by atoms with E-state index in [1.165, 1.54) is 19.6 Å². The molecule has 2 aromatic carbocycles. The number of nitrogens with zero attached hydrogens (tertiary/aromatic N) is 1. The summed E-state index contributed by atoms with van der Waals surface area (Å²) < 4.78 is 21.2. The van der Waals surface area contributed by atoms with Crippen molar-refractivity contribution < 1.29 is 13.9 Å². The van der Waals surface area contributed by atoms with E-state index in [1.54, 1.807) is 24.3 Å². The maximum Gasteiger partial charge on any atom is 0.259 e. The van der Waals surface area contributed by atoms with Crippen molar-refractivity contribution >= 4 is 49.1 Å². The molecule has 1 aliphatic heterocycles. The van der Waals surface area contributed by atoms with Crippen LogP contribution in [-0.2, 0) is 0 Å². The van der Waals surface area contributed by atoms with Crippen LogP contribution in [0.4, 0.5) is 15.8 Å². The van der Waals surface area contributed by atoms with E-state index < -0.39 is 0 Å². The molecule has 0 aromatic heterocycles. The van der Waals surface area contributed by atoms with Gasteiger partial charge in [0.2, 0.25) is 0 Å². The van der Waals surface area contributed by atoms with E-state index in [1.807, 2.05) is 0 Å². The number of carbonyl (C=O) groups is 1. The van der Waals surface area contributed by atoms with Crippen molar-refractivity contribution in [1.29, 1.82) is 0 Å². The summed E-state index contributed by atoms with van der Waals surface area (Å²) in [4.78, 5) is 14.7. The molecule has 0 aliphatic carbocycles. The summed E-state index contributed by atoms with van der Waals surface area (Å²) in [6.45, 7) is 1.73. The number of amides is 1. The third kappa shape index (κ3) is 4.20. The molecule has 2 aromatic rings. The number of carbonyl (C=O) groups excluding carboxylic acids is 1. The molecule has 1 N–H and O–H groups in total. The molecule has 0 bridgehead atoms. The minimum Gasteiger partial charge on any atom is -0.495 e. The molecule has 0 radical (unpaired) electrons. The van der Waals surface area contributed by atoms with Crippen LogP contribution in [0.2, 0.25) is 0 Å². The van der Waals surface area contributed by atoms with Crippen molar-refractivity contribution in [2.45, 2.75) is 19.3 Å². The Morgan fingerprint density at radius 1 is 1.15 bits per heavy atom. The average molecular weight is 486 g/mol. The molecule has 7 heteroatoms. The molecule has 26 heavy (non-hydrogen) atoms. The van der Waals surface area contributed by atoms with Gasteiger partial charge in [0.25, 0.3) is 5.91 Å². The summed E-state index contributed by atoms with van der Waals surface area (Å²) in [5, 5.41) is 2.74. The molecule has 1 fully saturated rings. The highest BCUT2D eigenvalue weighted by molar-refractivity contribution is 9.11. The van der Waals surface area contributed by atoms with Gasteiger partial charge < -0.3 is 15.0 Å². The number of benzene rings is 2. The summed E-state index contributed by atoms with van der Waals surface area (Å²) in [6, 6.07) is 8.27. The van der Waals surface area contributed by atoms with E-state index in [0.29, 0.717) is 27.2 Å². The highest BCUT2D eigenvalue weighted by Gasteiger charge is 2.18. The average Bonchev–Trinajstić information content (AvgIpc) is 2.62. The van der Waals surface area contributed by atoms with E-state index >= 15 is 0 Å². The Morgan fingerprint density at radius 2 is 1.88 bits per heavy atom. The monoisotopic (exact) mass is 484 g/mol. The molecule has 1 amide bonds. The van der Waals surface area contributed by atoms with Crippen LogP contribution < -0.4 is 15.0 Å². The fourth-order valence-corrected chi connectivity index (χ4v) is 4.50. The molecule has 4 nitrogen and oxygen atoms in total. The van der Waals surface area contributed by atoms with Crippen molar-refractivity contribution in [3.63, 3.8) is 0 Å². The predicted molar refractivity (Wildman–Crippen MR) is 109 cm³/mol. The number of hydrogen-bond acceptors (Lipinski definition) is 3. The number of rotatable bonds is 4. The van der Waals surface area contributed by atoms with Gasteiger partial charge in [0.05, 0.1) is 22.8 Å². The Bertz CT molecular complexity index is 823. The first kappa shape index (κ1) is 19.2. The van der Waals surface area contributed by atoms with E-state index in [2.05, 4.69) is 42.1 Å². The molecule has 138 valence electrons. The molecule has 0 unspecified atom stereocenters. The highest BCUT2D eigenvalue weighted by Crippen LogP contribution is 2.33. The highest BCUT2D eigenvalue weighted by atomic mass is 79.9. The Balaban J connectivity index is 1.81. The molecule has 0 atom stereocenters. The van der Waals surface area contributed by atoms with Crippen LogP contribution in [0.5, 0.6) is 5.75 Å². The van der Waals surface area contributed by atoms with Gasteiger partial charge in [-0.25, -0.2) is 4.39 Å². The first-order valence-corrected chi connectivity index (χ1v) is 9.97. The van der Waals surface area contributed by atoms with Gasteiger partial charge in [0.1, 0.15) is 11.6 Å². The predicted octanol–water partition coefficient (Wildman–Crippen LogP) is 5.60. The second-order valence-electron chi connectivity index (χ2n) is 6.14. The molecular weight excluding hydrogens is 467 g/mol. The summed E-state index contributed by atoms with van der Waals surface area (Å²) in [5.74, 6) is -0.267. The van der Waals surface area contributed by atoms with Crippen LogP contribution >= 0.6 is 31.9 Å². The second-order valence-corrected chi connectivity index (χ2v) is 7.91. The van der Waals surface area contributed by atoms with Gasteiger partial charge in [-0.3, -0.25) is 4.79 Å². The lowest BCUT2D eigenvalue weighted by Crippen LogP contribution is -2.30. The molecule has 0 spiro atoms. The minimum atomic E-state index is -0.367. The smallest absolute Gasteiger partial charge is 0.259 e. The van der Waals surface area contributed by atoms with Crippen LogP contribution in [-0.4, -0.2) is 26.1 Å². The first-order chi connectivity index (χ1) is 12.5.